The molecule has 3 heterocycles. The second-order valence-electron chi connectivity index (χ2n) is 11.5. The van der Waals surface area contributed by atoms with Crippen molar-refractivity contribution in [3.63, 3.8) is 0 Å². The maximum Gasteiger partial charge on any atom is 0.195 e. The van der Waals surface area contributed by atoms with Crippen LogP contribution in [0.4, 0.5) is 0 Å². The number of para-hydroxylation sites is 2. The molecule has 3 aromatic heterocycles. The summed E-state index contributed by atoms with van der Waals surface area (Å²) in [6.45, 7) is 4.67. The Labute approximate surface area is 241 Å². The standard InChI is InChI=1S/C37H25N3S/c1-37(2)28-14-5-3-12-25(28)26-19-18-23(21-29(26)37)22-10-9-11-24(20-22)33-35-34(27-13-4-6-15-30(27)38-33)39-36-40(35)31-16-7-8-17-32(31)41-36/h3-21H,1-2H3. The minimum absolute atomic E-state index is 0.0329. The smallest absolute Gasteiger partial charge is 0.195 e. The van der Waals surface area contributed by atoms with E-state index in [1.807, 2.05) is 0 Å². The lowest BCUT2D eigenvalue weighted by Gasteiger charge is -2.22. The van der Waals surface area contributed by atoms with E-state index in [4.69, 9.17) is 9.97 Å². The molecule has 0 radical (unpaired) electrons. The molecule has 3 nitrogen and oxygen atoms in total. The summed E-state index contributed by atoms with van der Waals surface area (Å²) in [5, 5.41) is 1.09. The number of hydrogen-bond donors (Lipinski definition) is 0. The minimum atomic E-state index is -0.0329. The number of hydrogen-bond acceptors (Lipinski definition) is 3. The Hall–Kier alpha value is -4.80. The van der Waals surface area contributed by atoms with E-state index in [0.717, 1.165) is 38.2 Å². The van der Waals surface area contributed by atoms with Crippen molar-refractivity contribution in [2.24, 2.45) is 0 Å². The lowest BCUT2D eigenvalue weighted by atomic mass is 9.81. The average molecular weight is 544 g/mol. The van der Waals surface area contributed by atoms with Crippen molar-refractivity contribution in [3.05, 3.63) is 126 Å². The fraction of sp³-hybridized carbons (Fsp3) is 0.0811. The monoisotopic (exact) mass is 543 g/mol. The first kappa shape index (κ1) is 23.0. The van der Waals surface area contributed by atoms with Crippen LogP contribution in [0.15, 0.2) is 115 Å². The summed E-state index contributed by atoms with van der Waals surface area (Å²) >= 11 is 1.73. The molecule has 4 heteroatoms. The van der Waals surface area contributed by atoms with Crippen LogP contribution in [-0.2, 0) is 5.41 Å². The lowest BCUT2D eigenvalue weighted by molar-refractivity contribution is 0.660. The Morgan fingerprint density at radius 3 is 2.34 bits per heavy atom. The van der Waals surface area contributed by atoms with E-state index in [1.54, 1.807) is 11.3 Å². The summed E-state index contributed by atoms with van der Waals surface area (Å²) in [6.07, 6.45) is 0. The van der Waals surface area contributed by atoms with E-state index in [1.165, 1.54) is 43.6 Å². The molecular weight excluding hydrogens is 518 g/mol. The first-order chi connectivity index (χ1) is 20.1. The molecule has 0 atom stereocenters. The maximum atomic E-state index is 5.27. The van der Waals surface area contributed by atoms with E-state index in [-0.39, 0.29) is 5.41 Å². The SMILES string of the molecule is CC1(C)c2ccccc2-c2ccc(-c3cccc(-c4nc5ccccc5c5nc6sc7ccccc7n6c45)c3)cc21. The van der Waals surface area contributed by atoms with Crippen molar-refractivity contribution in [2.75, 3.05) is 0 Å². The van der Waals surface area contributed by atoms with Crippen LogP contribution in [0.2, 0.25) is 0 Å². The number of aromatic nitrogens is 3. The lowest BCUT2D eigenvalue weighted by Crippen LogP contribution is -2.14. The molecule has 1 aliphatic carbocycles. The van der Waals surface area contributed by atoms with Crippen LogP contribution in [0.25, 0.3) is 70.6 Å². The molecule has 0 spiro atoms. The summed E-state index contributed by atoms with van der Waals surface area (Å²) < 4.78 is 3.53. The number of benzene rings is 5. The van der Waals surface area contributed by atoms with Gasteiger partial charge in [-0.05, 0) is 63.7 Å². The highest BCUT2D eigenvalue weighted by atomic mass is 32.1. The molecular formula is C37H25N3S. The van der Waals surface area contributed by atoms with Crippen molar-refractivity contribution in [3.8, 4) is 33.5 Å². The summed E-state index contributed by atoms with van der Waals surface area (Å²) in [6, 6.07) is 41.5. The highest BCUT2D eigenvalue weighted by molar-refractivity contribution is 7.23. The van der Waals surface area contributed by atoms with Gasteiger partial charge in [0.25, 0.3) is 0 Å². The fourth-order valence-corrected chi connectivity index (χ4v) is 7.83. The van der Waals surface area contributed by atoms with Gasteiger partial charge in [0, 0.05) is 16.4 Å². The second kappa shape index (κ2) is 8.12. The van der Waals surface area contributed by atoms with E-state index in [0.29, 0.717) is 0 Å². The Morgan fingerprint density at radius 2 is 1.39 bits per heavy atom. The number of rotatable bonds is 2. The van der Waals surface area contributed by atoms with Gasteiger partial charge in [-0.15, -0.1) is 0 Å². The van der Waals surface area contributed by atoms with E-state index in [9.17, 15) is 0 Å². The minimum Gasteiger partial charge on any atom is -0.281 e. The number of thiazole rings is 1. The Morgan fingerprint density at radius 1 is 0.634 bits per heavy atom. The number of pyridine rings is 1. The Kier molecular flexibility index (Phi) is 4.55. The normalized spacial score (nSPS) is 13.8. The molecule has 5 aromatic carbocycles. The third-order valence-corrected chi connectivity index (χ3v) is 9.84. The van der Waals surface area contributed by atoms with E-state index < -0.39 is 0 Å². The van der Waals surface area contributed by atoms with Crippen molar-refractivity contribution >= 4 is 48.5 Å². The van der Waals surface area contributed by atoms with Gasteiger partial charge in [0.2, 0.25) is 0 Å². The van der Waals surface area contributed by atoms with E-state index >= 15 is 0 Å². The van der Waals surface area contributed by atoms with Crippen molar-refractivity contribution in [2.45, 2.75) is 19.3 Å². The molecule has 0 saturated heterocycles. The van der Waals surface area contributed by atoms with Crippen LogP contribution in [0.3, 0.4) is 0 Å². The van der Waals surface area contributed by atoms with Crippen LogP contribution in [0.5, 0.6) is 0 Å². The molecule has 0 amide bonds. The molecule has 1 aliphatic rings. The first-order valence-corrected chi connectivity index (χ1v) is 14.8. The molecule has 9 rings (SSSR count). The quantitative estimate of drug-likeness (QED) is 0.217. The van der Waals surface area contributed by atoms with Crippen LogP contribution in [-0.4, -0.2) is 14.4 Å². The first-order valence-electron chi connectivity index (χ1n) is 14.0. The van der Waals surface area contributed by atoms with Crippen LogP contribution in [0, 0.1) is 0 Å². The zero-order valence-electron chi connectivity index (χ0n) is 22.7. The van der Waals surface area contributed by atoms with Gasteiger partial charge in [0.1, 0.15) is 11.0 Å². The molecule has 194 valence electrons. The molecule has 0 unspecified atom stereocenters. The maximum absolute atomic E-state index is 5.27. The van der Waals surface area contributed by atoms with Crippen LogP contribution >= 0.6 is 11.3 Å². The van der Waals surface area contributed by atoms with Crippen LogP contribution < -0.4 is 0 Å². The highest BCUT2D eigenvalue weighted by Crippen LogP contribution is 2.49. The number of fused-ring (bicyclic) bond motifs is 10. The van der Waals surface area contributed by atoms with Crippen LogP contribution in [0.1, 0.15) is 25.0 Å². The summed E-state index contributed by atoms with van der Waals surface area (Å²) in [5.74, 6) is 0. The third kappa shape index (κ3) is 3.14. The van der Waals surface area contributed by atoms with Crippen molar-refractivity contribution < 1.29 is 0 Å². The highest BCUT2D eigenvalue weighted by Gasteiger charge is 2.35. The molecule has 8 aromatic rings. The largest absolute Gasteiger partial charge is 0.281 e. The second-order valence-corrected chi connectivity index (χ2v) is 12.5. The Balaban J connectivity index is 1.28. The van der Waals surface area contributed by atoms with Crippen molar-refractivity contribution in [1.82, 2.24) is 14.4 Å². The van der Waals surface area contributed by atoms with Gasteiger partial charge < -0.3 is 0 Å². The molecule has 0 bridgehead atoms. The van der Waals surface area contributed by atoms with Crippen molar-refractivity contribution in [1.29, 1.82) is 0 Å². The van der Waals surface area contributed by atoms with Gasteiger partial charge in [-0.1, -0.05) is 110 Å². The topological polar surface area (TPSA) is 30.2 Å². The molecule has 0 fully saturated rings. The van der Waals surface area contributed by atoms with Gasteiger partial charge in [-0.2, -0.15) is 0 Å². The van der Waals surface area contributed by atoms with Gasteiger partial charge in [0.15, 0.2) is 4.96 Å². The third-order valence-electron chi connectivity index (χ3n) is 8.82. The van der Waals surface area contributed by atoms with Gasteiger partial charge in [0.05, 0.1) is 21.4 Å². The number of imidazole rings is 1. The summed E-state index contributed by atoms with van der Waals surface area (Å²) in [4.78, 5) is 11.4. The zero-order valence-corrected chi connectivity index (χ0v) is 23.5. The number of nitrogens with zero attached hydrogens (tertiary/aromatic N) is 3. The van der Waals surface area contributed by atoms with Gasteiger partial charge in [-0.3, -0.25) is 4.40 Å². The van der Waals surface area contributed by atoms with Gasteiger partial charge in [-0.25, -0.2) is 9.97 Å². The molecule has 0 aliphatic heterocycles. The molecule has 41 heavy (non-hydrogen) atoms. The average Bonchev–Trinajstić information content (AvgIpc) is 3.64. The summed E-state index contributed by atoms with van der Waals surface area (Å²) in [5.41, 5.74) is 14.1. The van der Waals surface area contributed by atoms with E-state index in [2.05, 4.69) is 134 Å². The predicted octanol–water partition coefficient (Wildman–Crippen LogP) is 9.89. The molecule has 0 N–H and O–H groups in total. The zero-order chi connectivity index (χ0) is 27.3. The van der Waals surface area contributed by atoms with Gasteiger partial charge >= 0.3 is 0 Å². The molecule has 0 saturated carbocycles. The fourth-order valence-electron chi connectivity index (χ4n) is 6.80. The summed E-state index contributed by atoms with van der Waals surface area (Å²) in [7, 11) is 0. The Bertz CT molecular complexity index is 2350. The predicted molar refractivity (Wildman–Crippen MR) is 172 cm³/mol.